The first-order valence-electron chi connectivity index (χ1n) is 7.16. The third-order valence-electron chi connectivity index (χ3n) is 3.47. The van der Waals surface area contributed by atoms with Crippen molar-refractivity contribution in [3.8, 4) is 11.5 Å². The Morgan fingerprint density at radius 1 is 0.682 bits per heavy atom. The molecular weight excluding hydrogens is 408 g/mol. The van der Waals surface area contributed by atoms with Crippen LogP contribution in [0.4, 0.5) is 0 Å². The van der Waals surface area contributed by atoms with Gasteiger partial charge < -0.3 is 9.47 Å². The summed E-state index contributed by atoms with van der Waals surface area (Å²) >= 11 is 6.81. The van der Waals surface area contributed by atoms with Crippen LogP contribution >= 0.6 is 31.9 Å². The van der Waals surface area contributed by atoms with E-state index in [4.69, 9.17) is 9.47 Å². The summed E-state index contributed by atoms with van der Waals surface area (Å²) < 4.78 is 11.7. The lowest BCUT2D eigenvalue weighted by Crippen LogP contribution is -2.01. The summed E-state index contributed by atoms with van der Waals surface area (Å²) in [5.74, 6) is 1.79. The molecule has 0 saturated carbocycles. The lowest BCUT2D eigenvalue weighted by Gasteiger charge is -2.14. The van der Waals surface area contributed by atoms with Crippen LogP contribution in [-0.4, -0.2) is 23.9 Å². The second-order valence-corrected chi connectivity index (χ2v) is 6.47. The molecule has 22 heavy (non-hydrogen) atoms. The van der Waals surface area contributed by atoms with E-state index in [1.54, 1.807) is 0 Å². The van der Waals surface area contributed by atoms with Gasteiger partial charge in [-0.25, -0.2) is 0 Å². The summed E-state index contributed by atoms with van der Waals surface area (Å²) in [5, 5.41) is 6.21. The highest BCUT2D eigenvalue weighted by atomic mass is 79.9. The van der Waals surface area contributed by atoms with Crippen LogP contribution < -0.4 is 9.47 Å². The van der Waals surface area contributed by atoms with E-state index in [2.05, 4.69) is 68.3 Å². The average molecular weight is 424 g/mol. The molecule has 0 aliphatic rings. The van der Waals surface area contributed by atoms with Crippen molar-refractivity contribution in [2.75, 3.05) is 23.9 Å². The molecule has 0 aromatic heterocycles. The summed E-state index contributed by atoms with van der Waals surface area (Å²) in [6.45, 7) is 1.28. The number of hydrogen-bond acceptors (Lipinski definition) is 2. The molecule has 2 nitrogen and oxygen atoms in total. The van der Waals surface area contributed by atoms with Crippen LogP contribution in [0.15, 0.2) is 48.5 Å². The van der Waals surface area contributed by atoms with E-state index in [0.29, 0.717) is 13.2 Å². The van der Waals surface area contributed by atoms with Gasteiger partial charge in [0.2, 0.25) is 0 Å². The Labute approximate surface area is 146 Å². The summed E-state index contributed by atoms with van der Waals surface area (Å²) in [4.78, 5) is 0. The average Bonchev–Trinajstić information content (AvgIpc) is 2.57. The zero-order chi connectivity index (χ0) is 15.4. The van der Waals surface area contributed by atoms with Crippen molar-refractivity contribution in [1.82, 2.24) is 0 Å². The van der Waals surface area contributed by atoms with Crippen LogP contribution in [0.2, 0.25) is 0 Å². The molecule has 0 unspecified atom stereocenters. The molecule has 0 spiro atoms. The van der Waals surface area contributed by atoms with Crippen LogP contribution in [0.25, 0.3) is 21.5 Å². The smallest absolute Gasteiger partial charge is 0.127 e. The van der Waals surface area contributed by atoms with Crippen molar-refractivity contribution in [3.63, 3.8) is 0 Å². The predicted molar refractivity (Wildman–Crippen MR) is 100 cm³/mol. The molecule has 0 aliphatic carbocycles. The Kier molecular flexibility index (Phi) is 5.21. The first-order chi connectivity index (χ1) is 10.8. The molecule has 3 rings (SSSR count). The van der Waals surface area contributed by atoms with Crippen molar-refractivity contribution in [2.45, 2.75) is 0 Å². The first-order valence-corrected chi connectivity index (χ1v) is 9.41. The van der Waals surface area contributed by atoms with Crippen molar-refractivity contribution < 1.29 is 9.47 Å². The molecule has 0 bridgehead atoms. The van der Waals surface area contributed by atoms with Gasteiger partial charge in [0.15, 0.2) is 0 Å². The van der Waals surface area contributed by atoms with Crippen LogP contribution in [0, 0.1) is 0 Å². The number of halogens is 2. The second-order valence-electron chi connectivity index (χ2n) is 4.88. The highest BCUT2D eigenvalue weighted by Gasteiger charge is 2.10. The molecular formula is C18H16Br2O2. The first kappa shape index (κ1) is 15.6. The quantitative estimate of drug-likeness (QED) is 0.382. The fourth-order valence-corrected chi connectivity index (χ4v) is 2.85. The van der Waals surface area contributed by atoms with Gasteiger partial charge in [0, 0.05) is 21.4 Å². The molecule has 4 heteroatoms. The van der Waals surface area contributed by atoms with Crippen molar-refractivity contribution >= 4 is 53.4 Å². The number of hydrogen-bond donors (Lipinski definition) is 0. The normalized spacial score (nSPS) is 11.0. The Morgan fingerprint density at radius 2 is 1.14 bits per heavy atom. The van der Waals surface area contributed by atoms with E-state index in [1.807, 2.05) is 12.1 Å². The van der Waals surface area contributed by atoms with Gasteiger partial charge in [0.25, 0.3) is 0 Å². The highest BCUT2D eigenvalue weighted by Crippen LogP contribution is 2.36. The zero-order valence-corrected chi connectivity index (χ0v) is 15.2. The van der Waals surface area contributed by atoms with E-state index in [0.717, 1.165) is 32.9 Å². The van der Waals surface area contributed by atoms with Crippen molar-refractivity contribution in [2.24, 2.45) is 0 Å². The molecule has 114 valence electrons. The summed E-state index contributed by atoms with van der Waals surface area (Å²) in [7, 11) is 0. The second kappa shape index (κ2) is 7.34. The van der Waals surface area contributed by atoms with Gasteiger partial charge in [0.1, 0.15) is 11.5 Å². The molecule has 0 atom stereocenters. The van der Waals surface area contributed by atoms with E-state index in [-0.39, 0.29) is 0 Å². The summed E-state index contributed by atoms with van der Waals surface area (Å²) in [5.41, 5.74) is 0. The molecule has 3 aromatic carbocycles. The minimum absolute atomic E-state index is 0.642. The third-order valence-corrected chi connectivity index (χ3v) is 4.12. The van der Waals surface area contributed by atoms with E-state index < -0.39 is 0 Å². The molecule has 0 radical (unpaired) electrons. The third kappa shape index (κ3) is 3.23. The number of rotatable bonds is 6. The lowest BCUT2D eigenvalue weighted by molar-refractivity contribution is 0.341. The van der Waals surface area contributed by atoms with Gasteiger partial charge in [-0.2, -0.15) is 0 Å². The van der Waals surface area contributed by atoms with Gasteiger partial charge in [0.05, 0.1) is 13.2 Å². The van der Waals surface area contributed by atoms with Crippen molar-refractivity contribution in [1.29, 1.82) is 0 Å². The number of ether oxygens (including phenoxy) is 2. The molecule has 0 aliphatic heterocycles. The maximum atomic E-state index is 5.87. The molecule has 0 saturated heterocycles. The highest BCUT2D eigenvalue weighted by molar-refractivity contribution is 9.09. The fourth-order valence-electron chi connectivity index (χ4n) is 2.53. The topological polar surface area (TPSA) is 18.5 Å². The molecule has 3 aromatic rings. The Bertz CT molecular complexity index is 720. The molecule has 0 N–H and O–H groups in total. The van der Waals surface area contributed by atoms with E-state index >= 15 is 0 Å². The number of alkyl halides is 2. The van der Waals surface area contributed by atoms with Gasteiger partial charge in [-0.05, 0) is 35.0 Å². The fraction of sp³-hybridized carbons (Fsp3) is 0.222. The Balaban J connectivity index is 2.18. The lowest BCUT2D eigenvalue weighted by atomic mass is 10.0. The largest absolute Gasteiger partial charge is 0.492 e. The zero-order valence-electron chi connectivity index (χ0n) is 12.0. The van der Waals surface area contributed by atoms with Gasteiger partial charge >= 0.3 is 0 Å². The monoisotopic (exact) mass is 422 g/mol. The maximum Gasteiger partial charge on any atom is 0.127 e. The summed E-state index contributed by atoms with van der Waals surface area (Å²) in [6, 6.07) is 16.7. The SMILES string of the molecule is BrCCOc1ccc(OCCBr)c2cc3ccccc3cc12. The molecule has 0 fully saturated rings. The van der Waals surface area contributed by atoms with Crippen LogP contribution in [0.5, 0.6) is 11.5 Å². The summed E-state index contributed by atoms with van der Waals surface area (Å²) in [6.07, 6.45) is 0. The van der Waals surface area contributed by atoms with Gasteiger partial charge in [-0.3, -0.25) is 0 Å². The van der Waals surface area contributed by atoms with E-state index in [9.17, 15) is 0 Å². The Morgan fingerprint density at radius 3 is 1.55 bits per heavy atom. The Hall–Kier alpha value is -1.26. The number of fused-ring (bicyclic) bond motifs is 2. The van der Waals surface area contributed by atoms with Crippen molar-refractivity contribution in [3.05, 3.63) is 48.5 Å². The number of benzene rings is 3. The van der Waals surface area contributed by atoms with Gasteiger partial charge in [-0.15, -0.1) is 0 Å². The van der Waals surface area contributed by atoms with Crippen LogP contribution in [-0.2, 0) is 0 Å². The predicted octanol–water partition coefficient (Wildman–Crippen LogP) is 5.54. The molecule has 0 heterocycles. The maximum absolute atomic E-state index is 5.87. The minimum Gasteiger partial charge on any atom is -0.492 e. The van der Waals surface area contributed by atoms with E-state index in [1.165, 1.54) is 10.8 Å². The van der Waals surface area contributed by atoms with Gasteiger partial charge in [-0.1, -0.05) is 56.1 Å². The minimum atomic E-state index is 0.642. The van der Waals surface area contributed by atoms with Crippen LogP contribution in [0.3, 0.4) is 0 Å². The standard InChI is InChI=1S/C18H16Br2O2/c19-7-9-21-17-5-6-18(22-10-8-20)16-12-14-4-2-1-3-13(14)11-15(16)17/h1-6,11-12H,7-10H2. The van der Waals surface area contributed by atoms with Crippen LogP contribution in [0.1, 0.15) is 0 Å². The molecule has 0 amide bonds.